The number of benzene rings is 2. The lowest BCUT2D eigenvalue weighted by molar-refractivity contribution is 0.0110. The number of ether oxygens (including phenoxy) is 1. The Hall–Kier alpha value is -1.06. The van der Waals surface area contributed by atoms with Crippen molar-refractivity contribution in [2.24, 2.45) is 0 Å². The van der Waals surface area contributed by atoms with Crippen molar-refractivity contribution in [2.45, 2.75) is 18.4 Å². The second-order valence-electron chi connectivity index (χ2n) is 5.57. The van der Waals surface area contributed by atoms with Gasteiger partial charge in [-0.2, -0.15) is 0 Å². The molecule has 1 aliphatic rings. The Bertz CT molecular complexity index is 612. The predicted molar refractivity (Wildman–Crippen MR) is 92.0 cm³/mol. The van der Waals surface area contributed by atoms with Gasteiger partial charge < -0.3 is 10.1 Å². The number of hydrogen-bond acceptors (Lipinski definition) is 2. The fraction of sp³-hybridized carbons (Fsp3) is 0.333. The lowest BCUT2D eigenvalue weighted by atomic mass is 9.86. The summed E-state index contributed by atoms with van der Waals surface area (Å²) < 4.78 is 6.00. The maximum absolute atomic E-state index is 6.35. The van der Waals surface area contributed by atoms with E-state index in [1.165, 1.54) is 5.56 Å². The maximum Gasteiger partial charge on any atom is 0.0771 e. The summed E-state index contributed by atoms with van der Waals surface area (Å²) in [6, 6.07) is 16.1. The third-order valence-corrected chi connectivity index (χ3v) is 4.68. The Morgan fingerprint density at radius 1 is 1.14 bits per heavy atom. The van der Waals surface area contributed by atoms with E-state index in [0.717, 1.165) is 36.7 Å². The average Bonchev–Trinajstić information content (AvgIpc) is 2.57. The molecule has 2 atom stereocenters. The Balaban J connectivity index is 1.89. The van der Waals surface area contributed by atoms with E-state index in [0.29, 0.717) is 5.02 Å². The van der Waals surface area contributed by atoms with E-state index in [2.05, 4.69) is 29.6 Å². The van der Waals surface area contributed by atoms with Gasteiger partial charge in [0.25, 0.3) is 0 Å². The molecule has 2 aromatic rings. The Morgan fingerprint density at radius 2 is 1.95 bits per heavy atom. The third kappa shape index (κ3) is 3.82. The smallest absolute Gasteiger partial charge is 0.0771 e. The van der Waals surface area contributed by atoms with Crippen LogP contribution in [0.25, 0.3) is 0 Å². The van der Waals surface area contributed by atoms with E-state index in [9.17, 15) is 0 Å². The van der Waals surface area contributed by atoms with E-state index < -0.39 is 0 Å². The van der Waals surface area contributed by atoms with Gasteiger partial charge >= 0.3 is 0 Å². The first-order chi connectivity index (χ1) is 10.7. The van der Waals surface area contributed by atoms with Gasteiger partial charge in [-0.05, 0) is 35.7 Å². The molecule has 0 aromatic heterocycles. The molecule has 0 spiro atoms. The van der Waals surface area contributed by atoms with Crippen LogP contribution in [0.1, 0.15) is 17.0 Å². The molecule has 0 amide bonds. The number of rotatable bonds is 4. The molecule has 1 heterocycles. The molecule has 0 radical (unpaired) electrons. The molecule has 3 rings (SSSR count). The van der Waals surface area contributed by atoms with E-state index in [1.54, 1.807) is 0 Å². The van der Waals surface area contributed by atoms with Crippen molar-refractivity contribution in [3.05, 3.63) is 69.7 Å². The van der Waals surface area contributed by atoms with Crippen LogP contribution in [0.3, 0.4) is 0 Å². The first kappa shape index (κ1) is 15.8. The molecule has 0 bridgehead atoms. The van der Waals surface area contributed by atoms with Gasteiger partial charge in [-0.3, -0.25) is 0 Å². The zero-order valence-electron chi connectivity index (χ0n) is 12.3. The number of halogens is 2. The van der Waals surface area contributed by atoms with Crippen molar-refractivity contribution in [3.8, 4) is 0 Å². The van der Waals surface area contributed by atoms with Crippen molar-refractivity contribution in [1.29, 1.82) is 0 Å². The topological polar surface area (TPSA) is 21.3 Å². The summed E-state index contributed by atoms with van der Waals surface area (Å²) in [5.41, 5.74) is 2.34. The van der Waals surface area contributed by atoms with Gasteiger partial charge in [-0.15, -0.1) is 0 Å². The lowest BCUT2D eigenvalue weighted by Crippen LogP contribution is -2.42. The standard InChI is InChI=1S/C18H19Cl2NO/c19-15-6-7-17(20)14(10-15)11-16(13-4-2-1-3-5-13)18-12-21-8-9-22-18/h1-7,10,16,18,21H,8-9,11-12H2/t16-,18?/m0/s1. The van der Waals surface area contributed by atoms with Crippen molar-refractivity contribution >= 4 is 23.2 Å². The summed E-state index contributed by atoms with van der Waals surface area (Å²) in [6.45, 7) is 2.52. The molecule has 2 nitrogen and oxygen atoms in total. The Kier molecular flexibility index (Phi) is 5.37. The minimum atomic E-state index is 0.145. The lowest BCUT2D eigenvalue weighted by Gasteiger charge is -2.31. The minimum absolute atomic E-state index is 0.145. The first-order valence-corrected chi connectivity index (χ1v) is 8.31. The maximum atomic E-state index is 6.35. The number of morpholine rings is 1. The van der Waals surface area contributed by atoms with E-state index in [-0.39, 0.29) is 12.0 Å². The molecular formula is C18H19Cl2NO. The van der Waals surface area contributed by atoms with Crippen LogP contribution in [0.15, 0.2) is 48.5 Å². The second-order valence-corrected chi connectivity index (χ2v) is 6.41. The van der Waals surface area contributed by atoms with Crippen molar-refractivity contribution in [3.63, 3.8) is 0 Å². The van der Waals surface area contributed by atoms with Crippen molar-refractivity contribution in [2.75, 3.05) is 19.7 Å². The zero-order valence-corrected chi connectivity index (χ0v) is 13.8. The van der Waals surface area contributed by atoms with E-state index in [1.807, 2.05) is 24.3 Å². The minimum Gasteiger partial charge on any atom is -0.375 e. The number of hydrogen-bond donors (Lipinski definition) is 1. The Morgan fingerprint density at radius 3 is 2.68 bits per heavy atom. The zero-order chi connectivity index (χ0) is 15.4. The molecule has 1 saturated heterocycles. The molecular weight excluding hydrogens is 317 g/mol. The van der Waals surface area contributed by atoms with Crippen LogP contribution in [0.4, 0.5) is 0 Å². The molecule has 1 unspecified atom stereocenters. The fourth-order valence-electron chi connectivity index (χ4n) is 2.94. The fourth-order valence-corrected chi connectivity index (χ4v) is 3.33. The normalized spacial score (nSPS) is 19.8. The molecule has 0 saturated carbocycles. The van der Waals surface area contributed by atoms with Gasteiger partial charge in [0.05, 0.1) is 12.7 Å². The molecule has 22 heavy (non-hydrogen) atoms. The average molecular weight is 336 g/mol. The summed E-state index contributed by atoms with van der Waals surface area (Å²) in [4.78, 5) is 0. The second kappa shape index (κ2) is 7.47. The Labute approximate surface area is 141 Å². The van der Waals surface area contributed by atoms with Crippen LogP contribution >= 0.6 is 23.2 Å². The molecule has 116 valence electrons. The van der Waals surface area contributed by atoms with Crippen LogP contribution in [-0.4, -0.2) is 25.8 Å². The molecule has 0 aliphatic carbocycles. The summed E-state index contributed by atoms with van der Waals surface area (Å²) in [5.74, 6) is 0.255. The number of nitrogens with one attached hydrogen (secondary N) is 1. The van der Waals surface area contributed by atoms with Crippen LogP contribution in [0, 0.1) is 0 Å². The van der Waals surface area contributed by atoms with Gasteiger partial charge in [0.2, 0.25) is 0 Å². The van der Waals surface area contributed by atoms with E-state index in [4.69, 9.17) is 27.9 Å². The first-order valence-electron chi connectivity index (χ1n) is 7.55. The quantitative estimate of drug-likeness (QED) is 0.898. The van der Waals surface area contributed by atoms with Gasteiger partial charge in [-0.25, -0.2) is 0 Å². The summed E-state index contributed by atoms with van der Waals surface area (Å²) in [5, 5.41) is 4.89. The summed E-state index contributed by atoms with van der Waals surface area (Å²) in [6.07, 6.45) is 0.960. The molecule has 4 heteroatoms. The molecule has 1 aliphatic heterocycles. The van der Waals surface area contributed by atoms with E-state index >= 15 is 0 Å². The summed E-state index contributed by atoms with van der Waals surface area (Å²) in [7, 11) is 0. The highest BCUT2D eigenvalue weighted by Crippen LogP contribution is 2.31. The highest BCUT2D eigenvalue weighted by atomic mass is 35.5. The van der Waals surface area contributed by atoms with Gasteiger partial charge in [-0.1, -0.05) is 53.5 Å². The highest BCUT2D eigenvalue weighted by Gasteiger charge is 2.26. The molecule has 1 fully saturated rings. The van der Waals surface area contributed by atoms with Crippen molar-refractivity contribution in [1.82, 2.24) is 5.32 Å². The third-order valence-electron chi connectivity index (χ3n) is 4.08. The van der Waals surface area contributed by atoms with Gasteiger partial charge in [0.15, 0.2) is 0 Å². The SMILES string of the molecule is Clc1ccc(Cl)c(C[C@@H](c2ccccc2)C2CNCCO2)c1. The molecule has 2 aromatic carbocycles. The van der Waals surface area contributed by atoms with Crippen LogP contribution in [-0.2, 0) is 11.2 Å². The van der Waals surface area contributed by atoms with Crippen molar-refractivity contribution < 1.29 is 4.74 Å². The van der Waals surface area contributed by atoms with Crippen LogP contribution in [0.5, 0.6) is 0 Å². The van der Waals surface area contributed by atoms with Crippen LogP contribution < -0.4 is 5.32 Å². The predicted octanol–water partition coefficient (Wildman–Crippen LogP) is 4.31. The van der Waals surface area contributed by atoms with Crippen LogP contribution in [0.2, 0.25) is 10.0 Å². The largest absolute Gasteiger partial charge is 0.375 e. The van der Waals surface area contributed by atoms with Gasteiger partial charge in [0, 0.05) is 29.1 Å². The van der Waals surface area contributed by atoms with Gasteiger partial charge in [0.1, 0.15) is 0 Å². The summed E-state index contributed by atoms with van der Waals surface area (Å²) >= 11 is 12.5. The highest BCUT2D eigenvalue weighted by molar-refractivity contribution is 6.33. The molecule has 1 N–H and O–H groups in total. The monoisotopic (exact) mass is 335 g/mol.